The molecule has 1 nitrogen and oxygen atoms in total. The highest BCUT2D eigenvalue weighted by Gasteiger charge is 2.09. The van der Waals surface area contributed by atoms with Gasteiger partial charge in [-0.25, -0.2) is 0 Å². The monoisotopic (exact) mass is 166 g/mol. The zero-order valence-electron chi connectivity index (χ0n) is 5.84. The van der Waals surface area contributed by atoms with Crippen molar-refractivity contribution in [1.29, 1.82) is 0 Å². The fourth-order valence-corrected chi connectivity index (χ4v) is 6.12. The van der Waals surface area contributed by atoms with Gasteiger partial charge in [0.25, 0.3) is 0 Å². The van der Waals surface area contributed by atoms with Crippen molar-refractivity contribution in [2.75, 3.05) is 13.3 Å². The Morgan fingerprint density at radius 2 is 1.75 bits per heavy atom. The van der Waals surface area contributed by atoms with Gasteiger partial charge in [-0.1, -0.05) is 23.4 Å². The van der Waals surface area contributed by atoms with E-state index in [2.05, 4.69) is 11.6 Å². The van der Waals surface area contributed by atoms with Crippen molar-refractivity contribution in [2.24, 2.45) is 0 Å². The van der Waals surface area contributed by atoms with Gasteiger partial charge >= 0.3 is 14.5 Å². The van der Waals surface area contributed by atoms with E-state index in [9.17, 15) is 0 Å². The van der Waals surface area contributed by atoms with Gasteiger partial charge in [0.1, 0.15) is 0 Å². The van der Waals surface area contributed by atoms with Crippen LogP contribution in [0.3, 0.4) is 0 Å². The van der Waals surface area contributed by atoms with Crippen molar-refractivity contribution < 1.29 is 3.58 Å². The molecule has 0 radical (unpaired) electrons. The Kier molecular flexibility index (Phi) is 3.82. The molecule has 0 unspecified atom stereocenters. The van der Waals surface area contributed by atoms with E-state index in [0.29, 0.717) is 0 Å². The molecule has 0 aromatic heterocycles. The van der Waals surface area contributed by atoms with Crippen LogP contribution in [-0.4, -0.2) is 27.8 Å². The molecule has 0 amide bonds. The van der Waals surface area contributed by atoms with Gasteiger partial charge in [0, 0.05) is 6.26 Å². The topological polar surface area (TPSA) is 9.23 Å². The SMILES string of the molecule is [CH3][Al]([CH3])[O]P(C)(C)=S. The van der Waals surface area contributed by atoms with E-state index in [4.69, 9.17) is 15.4 Å². The van der Waals surface area contributed by atoms with Gasteiger partial charge in [-0.15, -0.1) is 0 Å². The van der Waals surface area contributed by atoms with Gasteiger partial charge < -0.3 is 3.58 Å². The zero-order valence-corrected chi connectivity index (χ0v) is 8.71. The highest BCUT2D eigenvalue weighted by atomic mass is 32.4. The third-order valence-electron chi connectivity index (χ3n) is 0.465. The molecule has 0 bridgehead atoms. The lowest BCUT2D eigenvalue weighted by molar-refractivity contribution is 0.652. The molecule has 48 valence electrons. The first-order valence-electron chi connectivity index (χ1n) is 2.65. The van der Waals surface area contributed by atoms with E-state index in [1.165, 1.54) is 0 Å². The van der Waals surface area contributed by atoms with Crippen LogP contribution < -0.4 is 0 Å². The fraction of sp³-hybridized carbons (Fsp3) is 1.00. The van der Waals surface area contributed by atoms with Crippen LogP contribution in [0.25, 0.3) is 0 Å². The van der Waals surface area contributed by atoms with Gasteiger partial charge in [0.2, 0.25) is 0 Å². The van der Waals surface area contributed by atoms with E-state index in [-0.39, 0.29) is 0 Å². The highest BCUT2D eigenvalue weighted by Crippen LogP contribution is 2.38. The summed E-state index contributed by atoms with van der Waals surface area (Å²) in [6.45, 7) is 4.05. The summed E-state index contributed by atoms with van der Waals surface area (Å²) in [6.07, 6.45) is -1.33. The molecule has 0 aromatic carbocycles. The number of rotatable bonds is 2. The zero-order chi connectivity index (χ0) is 6.78. The van der Waals surface area contributed by atoms with Crippen LogP contribution in [0.15, 0.2) is 0 Å². The molecular formula is C4H12AlOPS. The summed E-state index contributed by atoms with van der Waals surface area (Å²) >= 11 is 4.23. The third kappa shape index (κ3) is 7.14. The van der Waals surface area contributed by atoms with E-state index in [1.807, 2.05) is 13.3 Å². The molecule has 0 aliphatic carbocycles. The lowest BCUT2D eigenvalue weighted by atomic mass is 11.9. The molecule has 0 rings (SSSR count). The van der Waals surface area contributed by atoms with Crippen molar-refractivity contribution in [2.45, 2.75) is 11.6 Å². The summed E-state index contributed by atoms with van der Waals surface area (Å²) in [5, 5.41) is 0. The summed E-state index contributed by atoms with van der Waals surface area (Å²) in [4.78, 5) is 0. The van der Waals surface area contributed by atoms with Crippen molar-refractivity contribution in [3.05, 3.63) is 0 Å². The molecule has 0 saturated heterocycles. The summed E-state index contributed by atoms with van der Waals surface area (Å²) in [5.41, 5.74) is 0. The van der Waals surface area contributed by atoms with Crippen molar-refractivity contribution in [3.63, 3.8) is 0 Å². The first-order valence-corrected chi connectivity index (χ1v) is 9.05. The van der Waals surface area contributed by atoms with Crippen molar-refractivity contribution in [3.8, 4) is 0 Å². The maximum Gasteiger partial charge on any atom is 0.458 e. The molecule has 0 atom stereocenters. The summed E-state index contributed by atoms with van der Waals surface area (Å²) in [5.74, 6) is 4.29. The highest BCUT2D eigenvalue weighted by molar-refractivity contribution is 8.11. The van der Waals surface area contributed by atoms with E-state index >= 15 is 0 Å². The minimum absolute atomic E-state index is 0.850. The second-order valence-electron chi connectivity index (χ2n) is 2.41. The minimum atomic E-state index is -1.33. The Bertz CT molecular complexity index is 109. The average molecular weight is 166 g/mol. The standard InChI is InChI=1S/C2H7OPS.2CH3.Al/c1-4(2,3)5;;;/h1-2H3,(H,3,5);2*1H3;/q;;;+1/p-1. The molecule has 0 aliphatic heterocycles. The average Bonchev–Trinajstić information content (AvgIpc) is 1.21. The molecule has 0 heterocycles. The van der Waals surface area contributed by atoms with E-state index < -0.39 is 20.7 Å². The predicted octanol–water partition coefficient (Wildman–Crippen LogP) is 1.91. The summed E-state index contributed by atoms with van der Waals surface area (Å²) in [6, 6.07) is 0. The van der Waals surface area contributed by atoms with Gasteiger partial charge in [-0.3, -0.25) is 0 Å². The molecule has 0 aromatic rings. The molecule has 8 heavy (non-hydrogen) atoms. The van der Waals surface area contributed by atoms with Crippen molar-refractivity contribution in [1.82, 2.24) is 0 Å². The molecule has 4 heteroatoms. The lowest BCUT2D eigenvalue weighted by Gasteiger charge is -2.13. The van der Waals surface area contributed by atoms with Crippen LogP contribution in [0.2, 0.25) is 11.6 Å². The van der Waals surface area contributed by atoms with Crippen molar-refractivity contribution >= 4 is 32.6 Å². The second kappa shape index (κ2) is 3.35. The van der Waals surface area contributed by atoms with Gasteiger partial charge in [-0.05, 0) is 13.3 Å². The van der Waals surface area contributed by atoms with Crippen LogP contribution in [0.4, 0.5) is 0 Å². The summed E-state index contributed by atoms with van der Waals surface area (Å²) < 4.78 is 5.50. The van der Waals surface area contributed by atoms with E-state index in [1.54, 1.807) is 0 Å². The molecule has 0 fully saturated rings. The second-order valence-corrected chi connectivity index (χ2v) is 10.5. The third-order valence-corrected chi connectivity index (χ3v) is 4.96. The molecule has 0 spiro atoms. The number of hydrogen-bond acceptors (Lipinski definition) is 2. The summed E-state index contributed by atoms with van der Waals surface area (Å²) in [7, 11) is 0. The van der Waals surface area contributed by atoms with Gasteiger partial charge in [0.05, 0.1) is 0 Å². The number of hydrogen-bond donors (Lipinski definition) is 0. The molecule has 0 saturated carbocycles. The Morgan fingerprint density at radius 1 is 1.38 bits per heavy atom. The first kappa shape index (κ1) is 9.14. The van der Waals surface area contributed by atoms with Crippen LogP contribution in [0.5, 0.6) is 0 Å². The normalized spacial score (nSPS) is 11.5. The predicted molar refractivity (Wildman–Crippen MR) is 44.7 cm³/mol. The molecule has 0 aliphatic rings. The van der Waals surface area contributed by atoms with E-state index in [0.717, 1.165) is 0 Å². The Hall–Kier alpha value is 1.14. The minimum Gasteiger partial charge on any atom is -0.474 e. The Morgan fingerprint density at radius 3 is 1.75 bits per heavy atom. The Labute approximate surface area is 61.2 Å². The molecular weight excluding hydrogens is 154 g/mol. The first-order chi connectivity index (χ1) is 3.42. The van der Waals surface area contributed by atoms with Gasteiger partial charge in [-0.2, -0.15) is 0 Å². The van der Waals surface area contributed by atoms with Gasteiger partial charge in [0.15, 0.2) is 0 Å². The largest absolute Gasteiger partial charge is 0.474 e. The maximum atomic E-state index is 5.50. The maximum absolute atomic E-state index is 5.50. The quantitative estimate of drug-likeness (QED) is 0.457. The Balaban J connectivity index is 3.56. The van der Waals surface area contributed by atoms with Crippen LogP contribution in [-0.2, 0) is 15.4 Å². The van der Waals surface area contributed by atoms with Crippen LogP contribution in [0.1, 0.15) is 0 Å². The van der Waals surface area contributed by atoms with Crippen LogP contribution >= 0.6 is 6.26 Å². The molecule has 0 N–H and O–H groups in total. The lowest BCUT2D eigenvalue weighted by Crippen LogP contribution is -2.03. The van der Waals surface area contributed by atoms with Crippen LogP contribution in [0, 0.1) is 0 Å². The smallest absolute Gasteiger partial charge is 0.458 e. The fourth-order valence-electron chi connectivity index (χ4n) is 0.508.